The Bertz CT molecular complexity index is 1100. The van der Waals surface area contributed by atoms with Gasteiger partial charge in [0.05, 0.1) is 23.9 Å². The van der Waals surface area contributed by atoms with Crippen molar-refractivity contribution in [1.82, 2.24) is 19.9 Å². The number of carbonyl (C=O) groups excluding carboxylic acids is 1. The summed E-state index contributed by atoms with van der Waals surface area (Å²) in [5.41, 5.74) is 0.584. The van der Waals surface area contributed by atoms with Gasteiger partial charge in [-0.2, -0.15) is 0 Å². The molecular formula is C21H26N4O3S2. The number of pyridine rings is 1. The molecule has 1 N–H and O–H groups in total. The molecule has 0 aromatic carbocycles. The monoisotopic (exact) mass is 446 g/mol. The molecule has 0 saturated carbocycles. The van der Waals surface area contributed by atoms with Gasteiger partial charge in [-0.1, -0.05) is 25.6 Å². The Morgan fingerprint density at radius 3 is 3.10 bits per heavy atom. The lowest BCUT2D eigenvalue weighted by Gasteiger charge is -2.15. The van der Waals surface area contributed by atoms with Crippen LogP contribution in [0, 0.1) is 5.92 Å². The fraction of sp³-hybridized carbons (Fsp3) is 0.524. The van der Waals surface area contributed by atoms with Crippen LogP contribution in [0.4, 0.5) is 0 Å². The van der Waals surface area contributed by atoms with Crippen molar-refractivity contribution < 1.29 is 9.53 Å². The van der Waals surface area contributed by atoms with Crippen LogP contribution in [0.1, 0.15) is 33.1 Å². The van der Waals surface area contributed by atoms with Crippen molar-refractivity contribution in [2.75, 3.05) is 18.9 Å². The molecule has 1 aliphatic rings. The number of ether oxygens (including phenoxy) is 1. The zero-order valence-corrected chi connectivity index (χ0v) is 18.9. The van der Waals surface area contributed by atoms with Crippen LogP contribution in [0.15, 0.2) is 28.3 Å². The van der Waals surface area contributed by atoms with Gasteiger partial charge < -0.3 is 10.1 Å². The number of thioether (sulfide) groups is 1. The molecule has 0 unspecified atom stereocenters. The Kier molecular flexibility index (Phi) is 6.70. The van der Waals surface area contributed by atoms with Crippen LogP contribution in [-0.2, 0) is 16.1 Å². The minimum atomic E-state index is -0.0822. The highest BCUT2D eigenvalue weighted by atomic mass is 32.2. The molecule has 1 amide bonds. The van der Waals surface area contributed by atoms with Crippen LogP contribution in [0.3, 0.4) is 0 Å². The van der Waals surface area contributed by atoms with Crippen molar-refractivity contribution in [3.05, 3.63) is 28.7 Å². The van der Waals surface area contributed by atoms with E-state index in [0.29, 0.717) is 34.4 Å². The second kappa shape index (κ2) is 9.45. The normalized spacial score (nSPS) is 16.7. The first kappa shape index (κ1) is 21.3. The third-order valence-corrected chi connectivity index (χ3v) is 7.17. The fourth-order valence-corrected chi connectivity index (χ4v) is 5.35. The number of nitrogens with zero attached hydrogens (tertiary/aromatic N) is 3. The molecule has 3 aromatic heterocycles. The van der Waals surface area contributed by atoms with E-state index < -0.39 is 0 Å². The molecule has 30 heavy (non-hydrogen) atoms. The van der Waals surface area contributed by atoms with E-state index in [2.05, 4.69) is 24.1 Å². The average Bonchev–Trinajstić information content (AvgIpc) is 3.36. The Hall–Kier alpha value is -1.97. The minimum Gasteiger partial charge on any atom is -0.376 e. The van der Waals surface area contributed by atoms with Crippen LogP contribution >= 0.6 is 23.1 Å². The summed E-state index contributed by atoms with van der Waals surface area (Å²) in [4.78, 5) is 35.6. The molecule has 1 atom stereocenters. The molecule has 0 spiro atoms. The first-order valence-corrected chi connectivity index (χ1v) is 12.1. The van der Waals surface area contributed by atoms with Crippen molar-refractivity contribution >= 4 is 49.4 Å². The van der Waals surface area contributed by atoms with Crippen LogP contribution in [0.2, 0.25) is 0 Å². The number of hydrogen-bond donors (Lipinski definition) is 1. The lowest BCUT2D eigenvalue weighted by molar-refractivity contribution is -0.118. The molecule has 0 bridgehead atoms. The Morgan fingerprint density at radius 1 is 1.47 bits per heavy atom. The smallest absolute Gasteiger partial charge is 0.272 e. The van der Waals surface area contributed by atoms with Crippen molar-refractivity contribution in [3.63, 3.8) is 0 Å². The zero-order chi connectivity index (χ0) is 21.1. The van der Waals surface area contributed by atoms with E-state index in [-0.39, 0.29) is 23.3 Å². The third-order valence-electron chi connectivity index (χ3n) is 5.10. The maximum Gasteiger partial charge on any atom is 0.272 e. The molecule has 0 aliphatic carbocycles. The molecule has 3 aromatic rings. The molecule has 4 rings (SSSR count). The van der Waals surface area contributed by atoms with Crippen molar-refractivity contribution in [2.45, 2.75) is 50.9 Å². The maximum atomic E-state index is 13.3. The lowest BCUT2D eigenvalue weighted by Crippen LogP contribution is -2.30. The molecule has 1 fully saturated rings. The van der Waals surface area contributed by atoms with Gasteiger partial charge in [-0.05, 0) is 37.3 Å². The summed E-state index contributed by atoms with van der Waals surface area (Å²) in [6, 6.07) is 3.79. The van der Waals surface area contributed by atoms with Gasteiger partial charge in [-0.3, -0.25) is 14.2 Å². The first-order valence-electron chi connectivity index (χ1n) is 10.3. The average molecular weight is 447 g/mol. The van der Waals surface area contributed by atoms with Crippen LogP contribution in [-0.4, -0.2) is 45.5 Å². The topological polar surface area (TPSA) is 86.1 Å². The molecule has 7 nitrogen and oxygen atoms in total. The molecule has 1 saturated heterocycles. The van der Waals surface area contributed by atoms with Gasteiger partial charge in [0.15, 0.2) is 5.16 Å². The van der Waals surface area contributed by atoms with E-state index in [1.807, 2.05) is 12.1 Å². The summed E-state index contributed by atoms with van der Waals surface area (Å²) in [6.07, 6.45) is 4.60. The van der Waals surface area contributed by atoms with E-state index in [9.17, 15) is 9.59 Å². The maximum absolute atomic E-state index is 13.3. The van der Waals surface area contributed by atoms with Gasteiger partial charge in [0.25, 0.3) is 5.56 Å². The van der Waals surface area contributed by atoms with Crippen molar-refractivity contribution in [3.8, 4) is 0 Å². The second-order valence-corrected chi connectivity index (χ2v) is 9.84. The van der Waals surface area contributed by atoms with Gasteiger partial charge in [0.2, 0.25) is 5.91 Å². The number of thiophene rings is 1. The van der Waals surface area contributed by atoms with Crippen molar-refractivity contribution in [1.29, 1.82) is 0 Å². The quantitative estimate of drug-likeness (QED) is 0.421. The number of amides is 1. The number of nitrogens with one attached hydrogen (secondary N) is 1. The molecular weight excluding hydrogens is 420 g/mol. The largest absolute Gasteiger partial charge is 0.376 e. The van der Waals surface area contributed by atoms with Crippen LogP contribution in [0.5, 0.6) is 0 Å². The molecule has 4 heterocycles. The predicted molar refractivity (Wildman–Crippen MR) is 121 cm³/mol. The van der Waals surface area contributed by atoms with Gasteiger partial charge in [0, 0.05) is 24.7 Å². The summed E-state index contributed by atoms with van der Waals surface area (Å²) >= 11 is 2.68. The Morgan fingerprint density at radius 2 is 2.33 bits per heavy atom. The molecule has 0 radical (unpaired) electrons. The predicted octanol–water partition coefficient (Wildman–Crippen LogP) is 3.44. The van der Waals surface area contributed by atoms with Gasteiger partial charge >= 0.3 is 0 Å². The van der Waals surface area contributed by atoms with Crippen molar-refractivity contribution in [2.24, 2.45) is 5.92 Å². The summed E-state index contributed by atoms with van der Waals surface area (Å²) in [6.45, 7) is 6.10. The number of carbonyl (C=O) groups is 1. The van der Waals surface area contributed by atoms with Gasteiger partial charge in [-0.15, -0.1) is 11.3 Å². The Labute approximate surface area is 183 Å². The van der Waals surface area contributed by atoms with E-state index in [1.54, 1.807) is 10.8 Å². The van der Waals surface area contributed by atoms with Gasteiger partial charge in [0.1, 0.15) is 9.53 Å². The lowest BCUT2D eigenvalue weighted by atomic mass is 10.1. The summed E-state index contributed by atoms with van der Waals surface area (Å²) in [5, 5.41) is 4.38. The molecule has 9 heteroatoms. The number of hydrogen-bond acceptors (Lipinski definition) is 7. The molecule has 160 valence electrons. The first-order chi connectivity index (χ1) is 14.5. The second-order valence-electron chi connectivity index (χ2n) is 7.90. The van der Waals surface area contributed by atoms with E-state index >= 15 is 0 Å². The summed E-state index contributed by atoms with van der Waals surface area (Å²) < 4.78 is 8.04. The SMILES string of the molecule is CC(C)CCNC(=O)CSc1nc2c(sc3ncccc32)c(=O)n1C[C@H]1CCCO1. The zero-order valence-electron chi connectivity index (χ0n) is 17.2. The third kappa shape index (κ3) is 4.68. The highest BCUT2D eigenvalue weighted by Crippen LogP contribution is 2.30. The van der Waals surface area contributed by atoms with Crippen LogP contribution < -0.4 is 10.9 Å². The van der Waals surface area contributed by atoms with E-state index in [4.69, 9.17) is 9.72 Å². The number of fused-ring (bicyclic) bond motifs is 3. The Balaban J connectivity index is 1.63. The highest BCUT2D eigenvalue weighted by Gasteiger charge is 2.22. The minimum absolute atomic E-state index is 0.00803. The van der Waals surface area contributed by atoms with Gasteiger partial charge in [-0.25, -0.2) is 9.97 Å². The van der Waals surface area contributed by atoms with E-state index in [0.717, 1.165) is 36.1 Å². The fourth-order valence-electron chi connectivity index (χ4n) is 3.49. The van der Waals surface area contributed by atoms with E-state index in [1.165, 1.54) is 23.1 Å². The summed E-state index contributed by atoms with van der Waals surface area (Å²) in [5.74, 6) is 0.719. The molecule has 1 aliphatic heterocycles. The number of rotatable bonds is 8. The highest BCUT2D eigenvalue weighted by molar-refractivity contribution is 7.99. The summed E-state index contributed by atoms with van der Waals surface area (Å²) in [7, 11) is 0. The number of aromatic nitrogens is 3. The standard InChI is InChI=1S/C21H26N4O3S2/c1-13(2)7-9-22-16(26)12-29-21-24-17-15-6-3-8-23-19(15)30-18(17)20(27)25(21)11-14-5-4-10-28-14/h3,6,8,13-14H,4-5,7,9-12H2,1-2H3,(H,22,26)/t14-/m1/s1. The van der Waals surface area contributed by atoms with Crippen LogP contribution in [0.25, 0.3) is 20.4 Å².